The van der Waals surface area contributed by atoms with Gasteiger partial charge in [0.2, 0.25) is 11.8 Å². The van der Waals surface area contributed by atoms with Crippen molar-refractivity contribution in [2.24, 2.45) is 0 Å². The topological polar surface area (TPSA) is 75.2 Å². The van der Waals surface area contributed by atoms with Crippen molar-refractivity contribution in [2.45, 2.75) is 40.2 Å². The van der Waals surface area contributed by atoms with Crippen molar-refractivity contribution in [3.63, 3.8) is 0 Å². The molecule has 0 spiro atoms. The highest BCUT2D eigenvalue weighted by atomic mass is 32.2. The van der Waals surface area contributed by atoms with Gasteiger partial charge in [0, 0.05) is 0 Å². The van der Waals surface area contributed by atoms with E-state index in [2.05, 4.69) is 15.5 Å². The molecule has 0 fully saturated rings. The number of carbonyl (C=O) groups is 2. The highest BCUT2D eigenvalue weighted by Gasteiger charge is 2.44. The largest absolute Gasteiger partial charge is 0.322 e. The molecule has 0 bridgehead atoms. The summed E-state index contributed by atoms with van der Waals surface area (Å²) in [5, 5.41) is 10.7. The first-order valence-electron chi connectivity index (χ1n) is 7.63. The molecular weight excluding hydrogens is 376 g/mol. The summed E-state index contributed by atoms with van der Waals surface area (Å²) in [6, 6.07) is 7.35. The predicted octanol–water partition coefficient (Wildman–Crippen LogP) is 3.50. The van der Waals surface area contributed by atoms with E-state index < -0.39 is 5.54 Å². The molecule has 2 amide bonds. The van der Waals surface area contributed by atoms with E-state index in [1.807, 2.05) is 31.4 Å². The summed E-state index contributed by atoms with van der Waals surface area (Å²) in [5.41, 5.74) is 0.399. The molecule has 6 nitrogen and oxygen atoms in total. The Morgan fingerprint density at radius 2 is 1.96 bits per heavy atom. The van der Waals surface area contributed by atoms with Crippen LogP contribution in [0.3, 0.4) is 0 Å². The summed E-state index contributed by atoms with van der Waals surface area (Å²) < 4.78 is 1.61. The maximum atomic E-state index is 13.2. The summed E-state index contributed by atoms with van der Waals surface area (Å²) in [4.78, 5) is 27.3. The second kappa shape index (κ2) is 6.97. The zero-order valence-corrected chi connectivity index (χ0v) is 16.7. The second-order valence-corrected chi connectivity index (χ2v) is 9.62. The smallest absolute Gasteiger partial charge is 0.250 e. The number of nitrogens with zero attached hydrogens (tertiary/aromatic N) is 3. The summed E-state index contributed by atoms with van der Waals surface area (Å²) in [6.45, 7) is 5.34. The van der Waals surface area contributed by atoms with Gasteiger partial charge in [-0.05, 0) is 39.2 Å². The Bertz CT molecular complexity index is 821. The summed E-state index contributed by atoms with van der Waals surface area (Å²) in [6.07, 6.45) is 1.94. The molecule has 2 heterocycles. The minimum Gasteiger partial charge on any atom is -0.322 e. The molecule has 0 radical (unpaired) electrons. The standard InChI is InChI=1S/C16H18N4O2S3/c1-9(24-15-19-18-14(23-4)25-15)12(21)20-11-8-6-5-7-10(11)17-13(22)16(20,2)3/h5-9H,1-4H3,(H,17,22)/t9-/m1/s1. The molecule has 1 atom stereocenters. The van der Waals surface area contributed by atoms with Crippen LogP contribution in [-0.2, 0) is 9.59 Å². The number of nitrogens with one attached hydrogen (secondary N) is 1. The van der Waals surface area contributed by atoms with Gasteiger partial charge in [0.1, 0.15) is 5.54 Å². The molecule has 132 valence electrons. The Morgan fingerprint density at radius 3 is 2.64 bits per heavy atom. The van der Waals surface area contributed by atoms with Gasteiger partial charge in [0.05, 0.1) is 16.6 Å². The fourth-order valence-electron chi connectivity index (χ4n) is 2.56. The fraction of sp³-hybridized carbons (Fsp3) is 0.375. The van der Waals surface area contributed by atoms with Gasteiger partial charge in [-0.3, -0.25) is 14.5 Å². The Morgan fingerprint density at radius 1 is 1.28 bits per heavy atom. The lowest BCUT2D eigenvalue weighted by Gasteiger charge is -2.42. The number of anilines is 2. The third kappa shape index (κ3) is 3.40. The second-order valence-electron chi connectivity index (χ2n) is 6.00. The zero-order valence-electron chi connectivity index (χ0n) is 14.3. The van der Waals surface area contributed by atoms with Crippen molar-refractivity contribution in [1.82, 2.24) is 10.2 Å². The SMILES string of the molecule is CSc1nnc(S[C@H](C)C(=O)N2c3ccccc3NC(=O)C2(C)C)s1. The number of para-hydroxylation sites is 2. The Balaban J connectivity index is 1.89. The molecule has 0 aliphatic carbocycles. The van der Waals surface area contributed by atoms with Gasteiger partial charge in [0.15, 0.2) is 8.68 Å². The van der Waals surface area contributed by atoms with E-state index in [9.17, 15) is 9.59 Å². The van der Waals surface area contributed by atoms with E-state index in [4.69, 9.17) is 0 Å². The van der Waals surface area contributed by atoms with Crippen molar-refractivity contribution in [3.05, 3.63) is 24.3 Å². The summed E-state index contributed by atoms with van der Waals surface area (Å²) >= 11 is 4.36. The van der Waals surface area contributed by atoms with Gasteiger partial charge < -0.3 is 5.32 Å². The molecule has 1 aromatic heterocycles. The van der Waals surface area contributed by atoms with E-state index in [0.29, 0.717) is 11.4 Å². The Kier molecular flexibility index (Phi) is 5.08. The predicted molar refractivity (Wildman–Crippen MR) is 104 cm³/mol. The van der Waals surface area contributed by atoms with Crippen LogP contribution >= 0.6 is 34.9 Å². The third-order valence-electron chi connectivity index (χ3n) is 3.92. The molecule has 1 aromatic carbocycles. The molecule has 0 saturated heterocycles. The Labute approximate surface area is 158 Å². The maximum Gasteiger partial charge on any atom is 0.250 e. The zero-order chi connectivity index (χ0) is 18.2. The quantitative estimate of drug-likeness (QED) is 0.800. The van der Waals surface area contributed by atoms with Crippen molar-refractivity contribution in [2.75, 3.05) is 16.5 Å². The molecular formula is C16H18N4O2S3. The first-order chi connectivity index (χ1) is 11.8. The van der Waals surface area contributed by atoms with Crippen LogP contribution in [0.5, 0.6) is 0 Å². The normalized spacial score (nSPS) is 17.0. The summed E-state index contributed by atoms with van der Waals surface area (Å²) in [7, 11) is 0. The number of carbonyl (C=O) groups excluding carboxylic acids is 2. The van der Waals surface area contributed by atoms with Crippen LogP contribution in [0.2, 0.25) is 0 Å². The van der Waals surface area contributed by atoms with Crippen LogP contribution in [-0.4, -0.2) is 39.1 Å². The van der Waals surface area contributed by atoms with Crippen LogP contribution in [0.1, 0.15) is 20.8 Å². The minimum atomic E-state index is -0.966. The summed E-state index contributed by atoms with van der Waals surface area (Å²) in [5.74, 6) is -0.324. The molecule has 25 heavy (non-hydrogen) atoms. The van der Waals surface area contributed by atoms with Gasteiger partial charge in [-0.15, -0.1) is 10.2 Å². The molecule has 0 saturated carbocycles. The highest BCUT2D eigenvalue weighted by molar-refractivity contribution is 8.03. The van der Waals surface area contributed by atoms with Gasteiger partial charge in [-0.25, -0.2) is 0 Å². The van der Waals surface area contributed by atoms with Crippen LogP contribution in [0, 0.1) is 0 Å². The molecule has 1 N–H and O–H groups in total. The fourth-order valence-corrected chi connectivity index (χ4v) is 5.18. The molecule has 1 aliphatic rings. The number of hydrogen-bond donors (Lipinski definition) is 1. The lowest BCUT2D eigenvalue weighted by Crippen LogP contribution is -2.60. The lowest BCUT2D eigenvalue weighted by atomic mass is 9.96. The molecule has 9 heteroatoms. The van der Waals surface area contributed by atoms with Crippen molar-refractivity contribution in [1.29, 1.82) is 0 Å². The number of aromatic nitrogens is 2. The van der Waals surface area contributed by atoms with E-state index in [-0.39, 0.29) is 17.1 Å². The number of hydrogen-bond acceptors (Lipinski definition) is 7. The molecule has 3 rings (SSSR count). The van der Waals surface area contributed by atoms with Crippen LogP contribution in [0.25, 0.3) is 0 Å². The maximum absolute atomic E-state index is 13.2. The van der Waals surface area contributed by atoms with Gasteiger partial charge in [0.25, 0.3) is 0 Å². The van der Waals surface area contributed by atoms with Crippen LogP contribution in [0.4, 0.5) is 11.4 Å². The average Bonchev–Trinajstić information content (AvgIpc) is 3.03. The van der Waals surface area contributed by atoms with Gasteiger partial charge in [-0.1, -0.05) is 47.0 Å². The Hall–Kier alpha value is -1.58. The van der Waals surface area contributed by atoms with Crippen molar-refractivity contribution >= 4 is 58.0 Å². The number of thioether (sulfide) groups is 2. The van der Waals surface area contributed by atoms with E-state index in [1.165, 1.54) is 34.9 Å². The number of rotatable bonds is 4. The molecule has 0 unspecified atom stereocenters. The first-order valence-corrected chi connectivity index (χ1v) is 10.6. The van der Waals surface area contributed by atoms with Crippen LogP contribution in [0.15, 0.2) is 32.9 Å². The molecule has 1 aliphatic heterocycles. The van der Waals surface area contributed by atoms with Gasteiger partial charge >= 0.3 is 0 Å². The van der Waals surface area contributed by atoms with Crippen LogP contribution < -0.4 is 10.2 Å². The molecule has 2 aromatic rings. The average molecular weight is 395 g/mol. The number of amides is 2. The number of benzene rings is 1. The van der Waals surface area contributed by atoms with Gasteiger partial charge in [-0.2, -0.15) is 0 Å². The third-order valence-corrected chi connectivity index (χ3v) is 6.99. The first kappa shape index (κ1) is 18.2. The number of fused-ring (bicyclic) bond motifs is 1. The minimum absolute atomic E-state index is 0.127. The van der Waals surface area contributed by atoms with E-state index >= 15 is 0 Å². The lowest BCUT2D eigenvalue weighted by molar-refractivity contribution is -0.126. The van der Waals surface area contributed by atoms with E-state index in [1.54, 1.807) is 24.8 Å². The monoisotopic (exact) mass is 394 g/mol. The van der Waals surface area contributed by atoms with Crippen molar-refractivity contribution in [3.8, 4) is 0 Å². The highest BCUT2D eigenvalue weighted by Crippen LogP contribution is 2.39. The van der Waals surface area contributed by atoms with E-state index in [0.717, 1.165) is 8.68 Å². The van der Waals surface area contributed by atoms with Crippen molar-refractivity contribution < 1.29 is 9.59 Å².